The molecule has 0 saturated heterocycles. The molecule has 4 nitrogen and oxygen atoms in total. The molecule has 1 atom stereocenters. The third-order valence-corrected chi connectivity index (χ3v) is 8.01. The van der Waals surface area contributed by atoms with Crippen molar-refractivity contribution in [3.63, 3.8) is 0 Å². The minimum absolute atomic E-state index is 0.117. The molecule has 2 aromatic carbocycles. The third kappa shape index (κ3) is 6.57. The van der Waals surface area contributed by atoms with Gasteiger partial charge in [0.15, 0.2) is 0 Å². The third-order valence-electron chi connectivity index (χ3n) is 6.59. The summed E-state index contributed by atoms with van der Waals surface area (Å²) in [5.74, 6) is 1.80. The summed E-state index contributed by atoms with van der Waals surface area (Å²) in [6.45, 7) is 11.9. The van der Waals surface area contributed by atoms with Gasteiger partial charge in [-0.3, -0.25) is 4.79 Å². The second-order valence-electron chi connectivity index (χ2n) is 11.0. The second-order valence-corrected chi connectivity index (χ2v) is 12.5. The van der Waals surface area contributed by atoms with Crippen LogP contribution in [0.25, 0.3) is 0 Å². The number of aliphatic imine (C=N–C) groups is 1. The predicted octanol–water partition coefficient (Wildman–Crippen LogP) is 8.59. The van der Waals surface area contributed by atoms with Crippen LogP contribution >= 0.6 is 22.9 Å². The van der Waals surface area contributed by atoms with E-state index in [4.69, 9.17) is 21.3 Å². The molecular formula is C30H35ClN2O2S. The van der Waals surface area contributed by atoms with E-state index in [2.05, 4.69) is 39.9 Å². The van der Waals surface area contributed by atoms with Crippen LogP contribution in [0.4, 0.5) is 10.7 Å². The zero-order valence-corrected chi connectivity index (χ0v) is 23.3. The molecular weight excluding hydrogens is 488 g/mol. The van der Waals surface area contributed by atoms with Crippen molar-refractivity contribution in [3.05, 3.63) is 75.1 Å². The number of halogens is 1. The molecule has 0 aliphatic heterocycles. The van der Waals surface area contributed by atoms with Crippen LogP contribution in [0, 0.1) is 17.3 Å². The number of rotatable bonds is 7. The van der Waals surface area contributed by atoms with Gasteiger partial charge in [-0.2, -0.15) is 0 Å². The van der Waals surface area contributed by atoms with Crippen molar-refractivity contribution < 1.29 is 9.53 Å². The van der Waals surface area contributed by atoms with Gasteiger partial charge in [0.1, 0.15) is 10.8 Å². The van der Waals surface area contributed by atoms with Crippen molar-refractivity contribution >= 4 is 45.7 Å². The maximum absolute atomic E-state index is 13.5. The van der Waals surface area contributed by atoms with E-state index in [-0.39, 0.29) is 11.3 Å². The lowest BCUT2D eigenvalue weighted by Gasteiger charge is -2.33. The molecule has 1 heterocycles. The van der Waals surface area contributed by atoms with Gasteiger partial charge in [0.25, 0.3) is 5.91 Å². The minimum Gasteiger partial charge on any atom is -0.493 e. The topological polar surface area (TPSA) is 50.7 Å². The van der Waals surface area contributed by atoms with Gasteiger partial charge in [0.2, 0.25) is 0 Å². The van der Waals surface area contributed by atoms with E-state index in [9.17, 15) is 4.79 Å². The highest BCUT2D eigenvalue weighted by Crippen LogP contribution is 2.45. The Morgan fingerprint density at radius 2 is 1.86 bits per heavy atom. The standard InChI is InChI=1S/C30H35ClN2O2S/c1-19(2)18-35-24-13-6-20(7-14-24)17-32-29-27(28(34)33-23-11-9-22(31)10-12-23)25-15-8-21(30(3,4)5)16-26(25)36-29/h6-7,9-14,17,19,21H,8,15-16,18H2,1-5H3,(H,33,34)/t21-/m0/s1. The van der Waals surface area contributed by atoms with E-state index >= 15 is 0 Å². The Bertz CT molecular complexity index is 1220. The Hall–Kier alpha value is -2.63. The Kier molecular flexibility index (Phi) is 8.21. The van der Waals surface area contributed by atoms with E-state index in [0.717, 1.165) is 46.8 Å². The molecule has 0 fully saturated rings. The number of hydrogen-bond acceptors (Lipinski definition) is 4. The molecule has 1 aliphatic carbocycles. The molecule has 1 aliphatic rings. The summed E-state index contributed by atoms with van der Waals surface area (Å²) in [6.07, 6.45) is 4.80. The maximum atomic E-state index is 13.5. The van der Waals surface area contributed by atoms with Crippen molar-refractivity contribution in [1.29, 1.82) is 0 Å². The summed E-state index contributed by atoms with van der Waals surface area (Å²) >= 11 is 7.67. The van der Waals surface area contributed by atoms with Gasteiger partial charge in [-0.1, -0.05) is 46.2 Å². The Labute approximate surface area is 223 Å². The lowest BCUT2D eigenvalue weighted by atomic mass is 9.72. The van der Waals surface area contributed by atoms with Crippen LogP contribution in [0.2, 0.25) is 5.02 Å². The fraction of sp³-hybridized carbons (Fsp3) is 0.400. The molecule has 190 valence electrons. The highest BCUT2D eigenvalue weighted by atomic mass is 35.5. The monoisotopic (exact) mass is 522 g/mol. The normalized spacial score (nSPS) is 15.8. The van der Waals surface area contributed by atoms with E-state index in [1.54, 1.807) is 23.5 Å². The van der Waals surface area contributed by atoms with Crippen molar-refractivity contribution in [2.75, 3.05) is 11.9 Å². The first-order valence-corrected chi connectivity index (χ1v) is 13.8. The number of benzene rings is 2. The Morgan fingerprint density at radius 1 is 1.17 bits per heavy atom. The average Bonchev–Trinajstić information content (AvgIpc) is 3.20. The van der Waals surface area contributed by atoms with Gasteiger partial charge in [0, 0.05) is 21.8 Å². The predicted molar refractivity (Wildman–Crippen MR) is 153 cm³/mol. The lowest BCUT2D eigenvalue weighted by molar-refractivity contribution is 0.102. The molecule has 1 amide bonds. The summed E-state index contributed by atoms with van der Waals surface area (Å²) in [7, 11) is 0. The van der Waals surface area contributed by atoms with Crippen molar-refractivity contribution in [2.24, 2.45) is 22.2 Å². The van der Waals surface area contributed by atoms with E-state index in [1.807, 2.05) is 42.6 Å². The number of nitrogens with zero attached hydrogens (tertiary/aromatic N) is 1. The van der Waals surface area contributed by atoms with Gasteiger partial charge >= 0.3 is 0 Å². The van der Waals surface area contributed by atoms with Crippen molar-refractivity contribution in [2.45, 2.75) is 53.9 Å². The highest BCUT2D eigenvalue weighted by molar-refractivity contribution is 7.16. The zero-order valence-electron chi connectivity index (χ0n) is 21.7. The Morgan fingerprint density at radius 3 is 2.50 bits per heavy atom. The fourth-order valence-electron chi connectivity index (χ4n) is 4.41. The molecule has 36 heavy (non-hydrogen) atoms. The number of anilines is 1. The summed E-state index contributed by atoms with van der Waals surface area (Å²) in [4.78, 5) is 19.6. The molecule has 0 saturated carbocycles. The first kappa shape index (κ1) is 26.4. The van der Waals surface area contributed by atoms with E-state index in [0.29, 0.717) is 29.0 Å². The SMILES string of the molecule is CC(C)COc1ccc(C=Nc2sc3c(c2C(=O)Nc2ccc(Cl)cc2)CC[C@H](C(C)(C)C)C3)cc1. The molecule has 0 radical (unpaired) electrons. The second kappa shape index (κ2) is 11.2. The van der Waals surface area contributed by atoms with Crippen LogP contribution in [-0.2, 0) is 12.8 Å². The molecule has 6 heteroatoms. The number of fused-ring (bicyclic) bond motifs is 1. The Balaban J connectivity index is 1.61. The van der Waals surface area contributed by atoms with Crippen LogP contribution < -0.4 is 10.1 Å². The van der Waals surface area contributed by atoms with Gasteiger partial charge in [-0.05, 0) is 96.2 Å². The number of carbonyl (C=O) groups is 1. The molecule has 1 N–H and O–H groups in total. The largest absolute Gasteiger partial charge is 0.493 e. The smallest absolute Gasteiger partial charge is 0.259 e. The average molecular weight is 523 g/mol. The first-order chi connectivity index (χ1) is 17.1. The van der Waals surface area contributed by atoms with Gasteiger partial charge in [-0.25, -0.2) is 4.99 Å². The van der Waals surface area contributed by atoms with Gasteiger partial charge in [-0.15, -0.1) is 11.3 Å². The highest BCUT2D eigenvalue weighted by Gasteiger charge is 2.33. The van der Waals surface area contributed by atoms with Crippen LogP contribution in [0.5, 0.6) is 5.75 Å². The van der Waals surface area contributed by atoms with Crippen LogP contribution in [0.1, 0.15) is 67.4 Å². The summed E-state index contributed by atoms with van der Waals surface area (Å²) in [6, 6.07) is 15.1. The van der Waals surface area contributed by atoms with E-state index < -0.39 is 0 Å². The minimum atomic E-state index is -0.117. The van der Waals surface area contributed by atoms with Crippen LogP contribution in [-0.4, -0.2) is 18.7 Å². The zero-order chi connectivity index (χ0) is 25.9. The number of hydrogen-bond donors (Lipinski definition) is 1. The fourth-order valence-corrected chi connectivity index (χ4v) is 5.80. The van der Waals surface area contributed by atoms with Crippen molar-refractivity contribution in [1.82, 2.24) is 0 Å². The molecule has 0 bridgehead atoms. The summed E-state index contributed by atoms with van der Waals surface area (Å²) in [5.41, 5.74) is 3.77. The number of amides is 1. The van der Waals surface area contributed by atoms with Gasteiger partial charge in [0.05, 0.1) is 12.2 Å². The number of carbonyl (C=O) groups excluding carboxylic acids is 1. The number of nitrogens with one attached hydrogen (secondary N) is 1. The number of thiophene rings is 1. The maximum Gasteiger partial charge on any atom is 0.259 e. The van der Waals surface area contributed by atoms with Gasteiger partial charge < -0.3 is 10.1 Å². The first-order valence-electron chi connectivity index (χ1n) is 12.6. The quantitative estimate of drug-likeness (QED) is 0.316. The molecule has 4 rings (SSSR count). The molecule has 0 unspecified atom stereocenters. The molecule has 0 spiro atoms. The van der Waals surface area contributed by atoms with Crippen LogP contribution in [0.3, 0.4) is 0 Å². The van der Waals surface area contributed by atoms with Crippen molar-refractivity contribution in [3.8, 4) is 5.75 Å². The molecule has 1 aromatic heterocycles. The summed E-state index contributed by atoms with van der Waals surface area (Å²) < 4.78 is 5.79. The molecule has 3 aromatic rings. The lowest BCUT2D eigenvalue weighted by Crippen LogP contribution is -2.27. The summed E-state index contributed by atoms with van der Waals surface area (Å²) in [5, 5.41) is 4.45. The number of ether oxygens (including phenoxy) is 1. The van der Waals surface area contributed by atoms with Crippen LogP contribution in [0.15, 0.2) is 53.5 Å². The van der Waals surface area contributed by atoms with E-state index in [1.165, 1.54) is 4.88 Å².